The van der Waals surface area contributed by atoms with Gasteiger partial charge in [0.1, 0.15) is 48.3 Å². The quantitative estimate of drug-likeness (QED) is 0.0656. The largest absolute Gasteiger partial charge is 0.497 e. The molecule has 19 heteroatoms. The minimum atomic E-state index is -1.08. The molecular formula is C56H51Cl2N7O10. The second-order valence-corrected chi connectivity index (χ2v) is 19.2. The molecule has 0 aliphatic carbocycles. The number of imide groups is 2. The number of nitrogens with zero attached hydrogens (tertiary/aromatic N) is 5. The number of ether oxygens (including phenoxy) is 3. The molecule has 4 aliphatic heterocycles. The second-order valence-electron chi connectivity index (χ2n) is 18.4. The van der Waals surface area contributed by atoms with E-state index in [0.717, 1.165) is 21.6 Å². The predicted octanol–water partition coefficient (Wildman–Crippen LogP) is 7.14. The average molecular weight is 1050 g/mol. The number of piperidine rings is 1. The van der Waals surface area contributed by atoms with E-state index in [1.54, 1.807) is 78.7 Å². The number of urea groups is 1. The third kappa shape index (κ3) is 11.3. The van der Waals surface area contributed by atoms with Crippen molar-refractivity contribution in [3.05, 3.63) is 158 Å². The van der Waals surface area contributed by atoms with E-state index in [4.69, 9.17) is 42.4 Å². The first kappa shape index (κ1) is 51.7. The van der Waals surface area contributed by atoms with Crippen molar-refractivity contribution in [3.8, 4) is 29.1 Å². The van der Waals surface area contributed by atoms with Crippen LogP contribution in [-0.2, 0) is 25.8 Å². The number of rotatable bonds is 14. The minimum absolute atomic E-state index is 0.0182. The summed E-state index contributed by atoms with van der Waals surface area (Å²) in [6.45, 7) is 3.90. The van der Waals surface area contributed by atoms with Gasteiger partial charge in [-0.1, -0.05) is 77.5 Å². The maximum Gasteiger partial charge on any atom is 0.326 e. The number of carbonyl (C=O) groups excluding carboxylic acids is 7. The Bertz CT molecular complexity index is 3170. The van der Waals surface area contributed by atoms with Gasteiger partial charge in [-0.3, -0.25) is 48.9 Å². The summed E-state index contributed by atoms with van der Waals surface area (Å²) in [5.41, 5.74) is 3.79. The molecule has 0 aromatic heterocycles. The van der Waals surface area contributed by atoms with Gasteiger partial charge in [-0.2, -0.15) is 0 Å². The number of amides is 8. The van der Waals surface area contributed by atoms with Crippen LogP contribution in [0.25, 0.3) is 0 Å². The Morgan fingerprint density at radius 2 is 1.56 bits per heavy atom. The lowest BCUT2D eigenvalue weighted by Gasteiger charge is -2.38. The van der Waals surface area contributed by atoms with Gasteiger partial charge in [0.05, 0.1) is 42.5 Å². The van der Waals surface area contributed by atoms with Crippen molar-refractivity contribution in [2.45, 2.75) is 63.9 Å². The minimum Gasteiger partial charge on any atom is -0.497 e. The van der Waals surface area contributed by atoms with E-state index in [1.807, 2.05) is 50.2 Å². The van der Waals surface area contributed by atoms with E-state index in [-0.39, 0.29) is 81.1 Å². The molecule has 2 fully saturated rings. The topological polar surface area (TPSA) is 197 Å². The highest BCUT2D eigenvalue weighted by atomic mass is 35.5. The summed E-state index contributed by atoms with van der Waals surface area (Å²) in [6, 6.07) is 29.0. The number of halogens is 2. The number of hydrogen-bond donors (Lipinski definition) is 2. The molecule has 4 heterocycles. The molecule has 0 radical (unpaired) electrons. The summed E-state index contributed by atoms with van der Waals surface area (Å²) in [4.78, 5) is 103. The van der Waals surface area contributed by atoms with E-state index in [9.17, 15) is 28.8 Å². The highest BCUT2D eigenvalue weighted by Crippen LogP contribution is 2.46. The smallest absolute Gasteiger partial charge is 0.326 e. The molecule has 2 N–H and O–H groups in total. The second kappa shape index (κ2) is 22.5. The molecule has 4 aliphatic rings. The van der Waals surface area contributed by atoms with Gasteiger partial charge in [0.25, 0.3) is 11.8 Å². The highest BCUT2D eigenvalue weighted by Gasteiger charge is 2.47. The maximum absolute atomic E-state index is 15.1. The van der Waals surface area contributed by atoms with Gasteiger partial charge < -0.3 is 29.3 Å². The van der Waals surface area contributed by atoms with Crippen LogP contribution < -0.4 is 24.8 Å². The van der Waals surface area contributed by atoms with Gasteiger partial charge in [-0.05, 0) is 97.6 Å². The van der Waals surface area contributed by atoms with Crippen LogP contribution in [0.15, 0.2) is 114 Å². The van der Waals surface area contributed by atoms with Crippen molar-refractivity contribution in [2.75, 3.05) is 39.8 Å². The third-order valence-corrected chi connectivity index (χ3v) is 13.5. The summed E-state index contributed by atoms with van der Waals surface area (Å²) < 4.78 is 17.8. The summed E-state index contributed by atoms with van der Waals surface area (Å²) in [5.74, 6) is 4.50. The summed E-state index contributed by atoms with van der Waals surface area (Å²) >= 11 is 12.7. The Balaban J connectivity index is 0.801. The van der Waals surface area contributed by atoms with Crippen LogP contribution in [0.3, 0.4) is 0 Å². The fourth-order valence-corrected chi connectivity index (χ4v) is 9.57. The molecule has 0 saturated carbocycles. The Labute approximate surface area is 442 Å². The molecule has 384 valence electrons. The van der Waals surface area contributed by atoms with E-state index in [2.05, 4.69) is 22.5 Å². The number of fused-ring (bicyclic) bond motifs is 1. The number of methoxy groups -OCH3 is 1. The third-order valence-electron chi connectivity index (χ3n) is 13.0. The predicted molar refractivity (Wildman–Crippen MR) is 277 cm³/mol. The van der Waals surface area contributed by atoms with E-state index < -0.39 is 53.7 Å². The molecule has 75 heavy (non-hydrogen) atoms. The fourth-order valence-electron chi connectivity index (χ4n) is 9.32. The molecule has 9 rings (SSSR count). The van der Waals surface area contributed by atoms with Crippen LogP contribution in [0, 0.1) is 11.8 Å². The van der Waals surface area contributed by atoms with E-state index in [1.165, 1.54) is 15.9 Å². The zero-order valence-electron chi connectivity index (χ0n) is 41.1. The standard InChI is InChI=1S/C56H51Cl2N7O10/c1-33(2)75-45-29-40(73-3)22-23-41(45)52-61-50(36-14-18-38(57)19-15-36)51(37-16-20-39(58)21-17-37)65(52)56(72)63-28-27-62(48(68)31-63)30-47(67)59-26-5-4-7-34-10-12-35(13-11-34)32-74-44-9-6-8-42-49(44)55(71)64(54(42)70)43-24-25-46(66)60-53(43)69/h6,8-23,29,33,43,50-51H,5,24-28,30-32H2,1-3H3,(H,59,67)(H,60,66,69)/t43?,50-,51+/m0/s1. The molecule has 0 bridgehead atoms. The molecule has 5 aromatic carbocycles. The van der Waals surface area contributed by atoms with Crippen molar-refractivity contribution >= 4 is 70.5 Å². The lowest BCUT2D eigenvalue weighted by Crippen LogP contribution is -2.57. The Kier molecular flexibility index (Phi) is 15.5. The molecule has 2 saturated heterocycles. The first-order valence-electron chi connectivity index (χ1n) is 24.3. The summed E-state index contributed by atoms with van der Waals surface area (Å²) in [7, 11) is 1.56. The number of aliphatic imine (C=N–C) groups is 1. The first-order valence-corrected chi connectivity index (χ1v) is 25.0. The van der Waals surface area contributed by atoms with Gasteiger partial charge >= 0.3 is 6.03 Å². The molecule has 3 atom stereocenters. The highest BCUT2D eigenvalue weighted by molar-refractivity contribution is 6.31. The Morgan fingerprint density at radius 3 is 2.24 bits per heavy atom. The summed E-state index contributed by atoms with van der Waals surface area (Å²) in [5, 5.41) is 6.09. The number of carbonyl (C=O) groups is 7. The van der Waals surface area contributed by atoms with Crippen LogP contribution in [0.5, 0.6) is 17.2 Å². The van der Waals surface area contributed by atoms with Crippen LogP contribution in [0.4, 0.5) is 4.79 Å². The SMILES string of the molecule is COc1ccc(C2=N[C@@H](c3ccc(Cl)cc3)[C@@H](c3ccc(Cl)cc3)N2C(=O)N2CCN(CC(=O)NCCC#Cc3ccc(COc4cccc5c4C(=O)N(C4CCC(=O)NC4=O)C5=O)cc3)C(=O)C2)c(OC(C)C)c1. The van der Waals surface area contributed by atoms with Crippen molar-refractivity contribution in [1.82, 2.24) is 30.2 Å². The van der Waals surface area contributed by atoms with Crippen LogP contribution >= 0.6 is 23.2 Å². The van der Waals surface area contributed by atoms with Crippen LogP contribution in [0.1, 0.15) is 93.7 Å². The monoisotopic (exact) mass is 1050 g/mol. The lowest BCUT2D eigenvalue weighted by molar-refractivity contribution is -0.139. The zero-order valence-corrected chi connectivity index (χ0v) is 42.7. The molecule has 5 aromatic rings. The molecule has 0 spiro atoms. The number of hydrogen-bond acceptors (Lipinski definition) is 11. The number of amidine groups is 1. The molecule has 8 amide bonds. The van der Waals surface area contributed by atoms with Gasteiger partial charge in [0.2, 0.25) is 23.6 Å². The van der Waals surface area contributed by atoms with Crippen molar-refractivity contribution in [2.24, 2.45) is 4.99 Å². The van der Waals surface area contributed by atoms with Crippen LogP contribution in [0.2, 0.25) is 10.0 Å². The summed E-state index contributed by atoms with van der Waals surface area (Å²) in [6.07, 6.45) is 0.173. The van der Waals surface area contributed by atoms with E-state index >= 15 is 4.79 Å². The molecular weight excluding hydrogens is 1000 g/mol. The Hall–Kier alpha value is -8.20. The number of nitrogens with one attached hydrogen (secondary N) is 2. The first-order chi connectivity index (χ1) is 36.2. The fraction of sp³-hybridized carbons (Fsp3) is 0.286. The van der Waals surface area contributed by atoms with Crippen molar-refractivity contribution in [3.63, 3.8) is 0 Å². The van der Waals surface area contributed by atoms with Crippen molar-refractivity contribution < 1.29 is 47.8 Å². The van der Waals surface area contributed by atoms with Crippen molar-refractivity contribution in [1.29, 1.82) is 0 Å². The average Bonchev–Trinajstić information content (AvgIpc) is 3.97. The number of piperazine rings is 1. The Morgan fingerprint density at radius 1 is 0.840 bits per heavy atom. The van der Waals surface area contributed by atoms with Gasteiger partial charge in [-0.15, -0.1) is 0 Å². The molecule has 1 unspecified atom stereocenters. The van der Waals surface area contributed by atoms with Crippen LogP contribution in [-0.4, -0.2) is 119 Å². The van der Waals surface area contributed by atoms with E-state index in [0.29, 0.717) is 44.9 Å². The normalized spacial score (nSPS) is 18.3. The number of benzene rings is 5. The zero-order chi connectivity index (χ0) is 52.9. The van der Waals surface area contributed by atoms with Gasteiger partial charge in [0.15, 0.2) is 0 Å². The van der Waals surface area contributed by atoms with Gasteiger partial charge in [0, 0.05) is 54.2 Å². The lowest BCUT2D eigenvalue weighted by atomic mass is 9.93. The van der Waals surface area contributed by atoms with Gasteiger partial charge in [-0.25, -0.2) is 4.79 Å². The maximum atomic E-state index is 15.1. The molecule has 17 nitrogen and oxygen atoms in total.